The van der Waals surface area contributed by atoms with Crippen LogP contribution in [-0.2, 0) is 16.4 Å². The molecule has 1 aliphatic heterocycles. The van der Waals surface area contributed by atoms with Crippen LogP contribution in [0.2, 0.25) is 0 Å². The van der Waals surface area contributed by atoms with Crippen LogP contribution < -0.4 is 4.72 Å². The van der Waals surface area contributed by atoms with Crippen LogP contribution in [0.4, 0.5) is 0 Å². The highest BCUT2D eigenvalue weighted by Crippen LogP contribution is 2.26. The number of sulfonamides is 1. The monoisotopic (exact) mass is 364 g/mol. The van der Waals surface area contributed by atoms with Crippen molar-refractivity contribution < 1.29 is 8.42 Å². The fourth-order valence-electron chi connectivity index (χ4n) is 4.20. The van der Waals surface area contributed by atoms with Crippen molar-refractivity contribution in [1.82, 2.24) is 9.62 Å². The predicted molar refractivity (Wildman–Crippen MR) is 102 cm³/mol. The lowest BCUT2D eigenvalue weighted by molar-refractivity contribution is 0.180. The molecule has 1 saturated heterocycles. The first-order chi connectivity index (χ1) is 12.1. The van der Waals surface area contributed by atoms with E-state index in [0.29, 0.717) is 4.90 Å². The van der Waals surface area contributed by atoms with E-state index < -0.39 is 10.0 Å². The van der Waals surface area contributed by atoms with E-state index in [9.17, 15) is 8.42 Å². The molecule has 0 atom stereocenters. The number of benzene rings is 1. The second-order valence-electron chi connectivity index (χ2n) is 7.74. The number of aryl methyl sites for hydroxylation is 1. The van der Waals surface area contributed by atoms with Crippen LogP contribution in [0.3, 0.4) is 0 Å². The van der Waals surface area contributed by atoms with Crippen molar-refractivity contribution in [2.24, 2.45) is 5.92 Å². The predicted octanol–water partition coefficient (Wildman–Crippen LogP) is 3.57. The topological polar surface area (TPSA) is 49.4 Å². The molecule has 2 fully saturated rings. The Morgan fingerprint density at radius 2 is 1.68 bits per heavy atom. The van der Waals surface area contributed by atoms with E-state index in [1.165, 1.54) is 37.8 Å². The number of nitrogens with one attached hydrogen (secondary N) is 1. The summed E-state index contributed by atoms with van der Waals surface area (Å²) in [6.45, 7) is 5.36. The number of nitrogens with zero attached hydrogens (tertiary/aromatic N) is 1. The summed E-state index contributed by atoms with van der Waals surface area (Å²) in [6, 6.07) is 7.41. The first-order valence-corrected chi connectivity index (χ1v) is 11.4. The van der Waals surface area contributed by atoms with Crippen molar-refractivity contribution >= 4 is 10.0 Å². The van der Waals surface area contributed by atoms with Gasteiger partial charge in [-0.3, -0.25) is 0 Å². The maximum absolute atomic E-state index is 12.6. The lowest BCUT2D eigenvalue weighted by Gasteiger charge is -2.33. The van der Waals surface area contributed by atoms with Crippen LogP contribution in [-0.4, -0.2) is 39.0 Å². The third-order valence-corrected chi connectivity index (χ3v) is 7.21. The van der Waals surface area contributed by atoms with Gasteiger partial charge in [0.2, 0.25) is 10.0 Å². The van der Waals surface area contributed by atoms with Crippen molar-refractivity contribution in [3.8, 4) is 0 Å². The van der Waals surface area contributed by atoms with E-state index in [1.807, 2.05) is 12.1 Å². The minimum atomic E-state index is -3.40. The number of likely N-dealkylation sites (tertiary alicyclic amines) is 1. The molecule has 3 rings (SSSR count). The maximum atomic E-state index is 12.6. The van der Waals surface area contributed by atoms with Crippen LogP contribution >= 0.6 is 0 Å². The number of hydrogen-bond donors (Lipinski definition) is 1. The average Bonchev–Trinajstić information content (AvgIpc) is 3.10. The van der Waals surface area contributed by atoms with Gasteiger partial charge in [0.25, 0.3) is 0 Å². The van der Waals surface area contributed by atoms with Crippen molar-refractivity contribution in [3.05, 3.63) is 29.8 Å². The van der Waals surface area contributed by atoms with Gasteiger partial charge in [0.05, 0.1) is 4.90 Å². The Hall–Kier alpha value is -0.910. The molecule has 0 bridgehead atoms. The fraction of sp³-hybridized carbons (Fsp3) is 0.700. The van der Waals surface area contributed by atoms with Gasteiger partial charge in [0, 0.05) is 12.6 Å². The first kappa shape index (κ1) is 18.9. The zero-order chi connectivity index (χ0) is 17.7. The fourth-order valence-corrected chi connectivity index (χ4v) is 5.51. The van der Waals surface area contributed by atoms with Crippen LogP contribution in [0.25, 0.3) is 0 Å². The molecule has 2 aliphatic rings. The highest BCUT2D eigenvalue weighted by molar-refractivity contribution is 7.89. The van der Waals surface area contributed by atoms with Crippen LogP contribution in [0, 0.1) is 5.92 Å². The van der Waals surface area contributed by atoms with Crippen molar-refractivity contribution in [2.45, 2.75) is 69.2 Å². The SMILES string of the molecule is CCCc1ccc(S(=O)(=O)NC2CCN(CC3CCCC3)CC2)cc1. The maximum Gasteiger partial charge on any atom is 0.240 e. The van der Waals surface area contributed by atoms with Crippen LogP contribution in [0.15, 0.2) is 29.2 Å². The first-order valence-electron chi connectivity index (χ1n) is 9.90. The third-order valence-electron chi connectivity index (χ3n) is 5.67. The van der Waals surface area contributed by atoms with Gasteiger partial charge in [-0.25, -0.2) is 13.1 Å². The molecular formula is C20H32N2O2S. The summed E-state index contributed by atoms with van der Waals surface area (Å²) in [5.41, 5.74) is 1.20. The van der Waals surface area contributed by atoms with Crippen molar-refractivity contribution in [3.63, 3.8) is 0 Å². The van der Waals surface area contributed by atoms with Gasteiger partial charge in [0.1, 0.15) is 0 Å². The van der Waals surface area contributed by atoms with E-state index in [0.717, 1.165) is 44.7 Å². The van der Waals surface area contributed by atoms with Crippen molar-refractivity contribution in [2.75, 3.05) is 19.6 Å². The van der Waals surface area contributed by atoms with Crippen LogP contribution in [0.5, 0.6) is 0 Å². The van der Waals surface area contributed by atoms with E-state index in [4.69, 9.17) is 0 Å². The Kier molecular flexibility index (Phi) is 6.53. The molecule has 5 heteroatoms. The molecule has 0 unspecified atom stereocenters. The van der Waals surface area contributed by atoms with Gasteiger partial charge in [-0.1, -0.05) is 38.3 Å². The Morgan fingerprint density at radius 1 is 1.04 bits per heavy atom. The molecule has 1 aromatic carbocycles. The summed E-state index contributed by atoms with van der Waals surface area (Å²) in [4.78, 5) is 2.92. The summed E-state index contributed by atoms with van der Waals surface area (Å²) >= 11 is 0. The summed E-state index contributed by atoms with van der Waals surface area (Å²) < 4.78 is 28.1. The lowest BCUT2D eigenvalue weighted by Crippen LogP contribution is -2.45. The van der Waals surface area contributed by atoms with E-state index in [-0.39, 0.29) is 6.04 Å². The smallest absolute Gasteiger partial charge is 0.240 e. The summed E-state index contributed by atoms with van der Waals surface area (Å²) in [5, 5.41) is 0. The Morgan fingerprint density at radius 3 is 2.28 bits per heavy atom. The normalized spacial score (nSPS) is 21.0. The molecule has 0 aromatic heterocycles. The minimum absolute atomic E-state index is 0.0696. The highest BCUT2D eigenvalue weighted by atomic mass is 32.2. The second kappa shape index (κ2) is 8.65. The van der Waals surface area contributed by atoms with Crippen molar-refractivity contribution in [1.29, 1.82) is 0 Å². The van der Waals surface area contributed by atoms with Gasteiger partial charge >= 0.3 is 0 Å². The molecule has 1 heterocycles. The molecule has 1 aliphatic carbocycles. The van der Waals surface area contributed by atoms with Crippen LogP contribution in [0.1, 0.15) is 57.4 Å². The molecule has 25 heavy (non-hydrogen) atoms. The second-order valence-corrected chi connectivity index (χ2v) is 9.45. The standard InChI is InChI=1S/C20H32N2O2S/c1-2-5-17-8-10-20(11-9-17)25(23,24)21-19-12-14-22(15-13-19)16-18-6-3-4-7-18/h8-11,18-19,21H,2-7,12-16H2,1H3. The molecular weight excluding hydrogens is 332 g/mol. The molecule has 140 valence electrons. The molecule has 1 N–H and O–H groups in total. The molecule has 1 saturated carbocycles. The minimum Gasteiger partial charge on any atom is -0.303 e. The van der Waals surface area contributed by atoms with E-state index >= 15 is 0 Å². The number of rotatable bonds is 7. The average molecular weight is 365 g/mol. The molecule has 1 aromatic rings. The molecule has 0 radical (unpaired) electrons. The van der Waals surface area contributed by atoms with Gasteiger partial charge in [-0.05, 0) is 68.8 Å². The Balaban J connectivity index is 1.50. The van der Waals surface area contributed by atoms with Gasteiger partial charge in [0.15, 0.2) is 0 Å². The molecule has 0 amide bonds. The quantitative estimate of drug-likeness (QED) is 0.805. The summed E-state index contributed by atoms with van der Waals surface area (Å²) in [6.07, 6.45) is 9.42. The largest absolute Gasteiger partial charge is 0.303 e. The van der Waals surface area contributed by atoms with E-state index in [2.05, 4.69) is 16.5 Å². The lowest BCUT2D eigenvalue weighted by atomic mass is 10.0. The van der Waals surface area contributed by atoms with Gasteiger partial charge < -0.3 is 4.90 Å². The third kappa shape index (κ3) is 5.28. The highest BCUT2D eigenvalue weighted by Gasteiger charge is 2.26. The summed E-state index contributed by atoms with van der Waals surface area (Å²) in [5.74, 6) is 0.870. The zero-order valence-corrected chi connectivity index (χ0v) is 16.2. The molecule has 4 nitrogen and oxygen atoms in total. The Labute approximate surface area is 153 Å². The molecule has 0 spiro atoms. The number of piperidine rings is 1. The number of hydrogen-bond acceptors (Lipinski definition) is 3. The summed E-state index contributed by atoms with van der Waals surface area (Å²) in [7, 11) is -3.40. The van der Waals surface area contributed by atoms with Gasteiger partial charge in [-0.15, -0.1) is 0 Å². The Bertz CT molecular complexity index is 628. The van der Waals surface area contributed by atoms with E-state index in [1.54, 1.807) is 12.1 Å². The zero-order valence-electron chi connectivity index (χ0n) is 15.4. The van der Waals surface area contributed by atoms with Gasteiger partial charge in [-0.2, -0.15) is 0 Å².